The van der Waals surface area contributed by atoms with E-state index in [0.717, 1.165) is 0 Å². The summed E-state index contributed by atoms with van der Waals surface area (Å²) in [4.78, 5) is 60.5. The number of nitrogens with two attached hydrogens (primary N) is 1. The van der Waals surface area contributed by atoms with Crippen LogP contribution in [-0.2, 0) is 16.1 Å². The van der Waals surface area contributed by atoms with Crippen LogP contribution in [0.15, 0.2) is 35.3 Å². The van der Waals surface area contributed by atoms with Gasteiger partial charge in [0.05, 0.1) is 18.4 Å². The Balaban J connectivity index is 0.00000289. The van der Waals surface area contributed by atoms with Gasteiger partial charge < -0.3 is 42.5 Å². The van der Waals surface area contributed by atoms with Gasteiger partial charge in [-0.25, -0.2) is 14.8 Å². The number of H-pyrrole nitrogens is 1. The zero-order valence-corrected chi connectivity index (χ0v) is 17.5. The predicted octanol–water partition coefficient (Wildman–Crippen LogP) is -1.69. The molecular formula is C19H23N7O8. The van der Waals surface area contributed by atoms with Gasteiger partial charge in [0, 0.05) is 17.7 Å². The fourth-order valence-electron chi connectivity index (χ4n) is 2.76. The van der Waals surface area contributed by atoms with Crippen molar-refractivity contribution < 1.29 is 35.5 Å². The number of aromatic nitrogens is 4. The van der Waals surface area contributed by atoms with E-state index in [1.165, 1.54) is 18.3 Å². The van der Waals surface area contributed by atoms with Crippen molar-refractivity contribution >= 4 is 40.6 Å². The minimum absolute atomic E-state index is 0. The third kappa shape index (κ3) is 6.94. The number of fused-ring (bicyclic) bond motifs is 1. The molecule has 0 radical (unpaired) electrons. The zero-order chi connectivity index (χ0) is 23.3. The maximum Gasteiger partial charge on any atom is 0.326 e. The van der Waals surface area contributed by atoms with Gasteiger partial charge in [0.1, 0.15) is 6.04 Å². The summed E-state index contributed by atoms with van der Waals surface area (Å²) in [6, 6.07) is 4.86. The molecule has 0 aliphatic carbocycles. The van der Waals surface area contributed by atoms with Crippen molar-refractivity contribution in [1.29, 1.82) is 0 Å². The number of anilines is 2. The molecule has 0 unspecified atom stereocenters. The molecule has 15 heteroatoms. The molecule has 0 aliphatic heterocycles. The van der Waals surface area contributed by atoms with E-state index in [9.17, 15) is 19.2 Å². The Bertz CT molecular complexity index is 1230. The van der Waals surface area contributed by atoms with Crippen LogP contribution >= 0.6 is 0 Å². The molecule has 0 spiro atoms. The number of hydrogen-bond acceptors (Lipinski definition) is 9. The van der Waals surface area contributed by atoms with E-state index >= 15 is 0 Å². The van der Waals surface area contributed by atoms with E-state index in [-0.39, 0.29) is 53.0 Å². The molecule has 1 atom stereocenters. The number of nitrogen functional groups attached to an aromatic ring is 1. The first-order valence-electron chi connectivity index (χ1n) is 9.33. The molecular weight excluding hydrogens is 454 g/mol. The Morgan fingerprint density at radius 2 is 1.76 bits per heavy atom. The van der Waals surface area contributed by atoms with Crippen LogP contribution in [0, 0.1) is 0 Å². The lowest BCUT2D eigenvalue weighted by Crippen LogP contribution is -2.41. The average molecular weight is 477 g/mol. The van der Waals surface area contributed by atoms with Crippen LogP contribution < -0.4 is 21.9 Å². The van der Waals surface area contributed by atoms with Crippen LogP contribution in [0.1, 0.15) is 28.9 Å². The van der Waals surface area contributed by atoms with Crippen LogP contribution in [0.25, 0.3) is 11.2 Å². The Morgan fingerprint density at radius 3 is 2.38 bits per heavy atom. The molecule has 0 saturated carbocycles. The molecule has 0 bridgehead atoms. The molecule has 3 aromatic rings. The summed E-state index contributed by atoms with van der Waals surface area (Å²) in [7, 11) is 0. The van der Waals surface area contributed by atoms with Gasteiger partial charge in [0.2, 0.25) is 5.95 Å². The van der Waals surface area contributed by atoms with Gasteiger partial charge in [-0.15, -0.1) is 0 Å². The minimum atomic E-state index is -1.31. The lowest BCUT2D eigenvalue weighted by atomic mass is 10.1. The molecule has 11 N–H and O–H groups in total. The largest absolute Gasteiger partial charge is 0.481 e. The smallest absolute Gasteiger partial charge is 0.326 e. The summed E-state index contributed by atoms with van der Waals surface area (Å²) < 4.78 is 0. The minimum Gasteiger partial charge on any atom is -0.481 e. The highest BCUT2D eigenvalue weighted by molar-refractivity contribution is 5.96. The van der Waals surface area contributed by atoms with Crippen LogP contribution in [0.5, 0.6) is 0 Å². The molecule has 1 aromatic carbocycles. The van der Waals surface area contributed by atoms with Crippen LogP contribution in [0.4, 0.5) is 11.6 Å². The summed E-state index contributed by atoms with van der Waals surface area (Å²) in [5.74, 6) is -3.16. The molecule has 0 fully saturated rings. The Hall–Kier alpha value is -4.63. The topological polar surface area (TPSA) is 276 Å². The molecule has 182 valence electrons. The summed E-state index contributed by atoms with van der Waals surface area (Å²) in [6.45, 7) is 0.231. The normalized spacial score (nSPS) is 10.9. The van der Waals surface area contributed by atoms with E-state index < -0.39 is 29.4 Å². The molecule has 0 saturated heterocycles. The second-order valence-electron chi connectivity index (χ2n) is 6.71. The van der Waals surface area contributed by atoms with E-state index in [1.54, 1.807) is 12.1 Å². The number of carboxylic acids is 2. The number of carbonyl (C=O) groups is 3. The van der Waals surface area contributed by atoms with Crippen molar-refractivity contribution in [3.8, 4) is 0 Å². The van der Waals surface area contributed by atoms with E-state index in [0.29, 0.717) is 11.4 Å². The molecule has 1 amide bonds. The van der Waals surface area contributed by atoms with Crippen molar-refractivity contribution in [1.82, 2.24) is 25.3 Å². The molecule has 15 nitrogen and oxygen atoms in total. The fourth-order valence-corrected chi connectivity index (χ4v) is 2.76. The summed E-state index contributed by atoms with van der Waals surface area (Å²) in [6.07, 6.45) is 0.858. The van der Waals surface area contributed by atoms with Gasteiger partial charge in [0.15, 0.2) is 11.2 Å². The lowest BCUT2D eigenvalue weighted by molar-refractivity contribution is -0.140. The molecule has 0 aliphatic rings. The van der Waals surface area contributed by atoms with E-state index in [4.69, 9.17) is 15.9 Å². The third-order valence-electron chi connectivity index (χ3n) is 4.36. The quantitative estimate of drug-likeness (QED) is 0.202. The summed E-state index contributed by atoms with van der Waals surface area (Å²) in [5, 5.41) is 23.2. The van der Waals surface area contributed by atoms with Crippen molar-refractivity contribution in [2.24, 2.45) is 0 Å². The van der Waals surface area contributed by atoms with Gasteiger partial charge in [-0.2, -0.15) is 4.98 Å². The van der Waals surface area contributed by atoms with Crippen molar-refractivity contribution in [3.05, 3.63) is 52.1 Å². The number of aromatic amines is 1. The molecule has 2 aromatic heterocycles. The first-order chi connectivity index (χ1) is 15.2. The standard InChI is InChI=1S/C19H19N7O6.2H2O/c20-19-25-15-14(17(30)26-19)23-11(8-22-15)7-21-10-3-1-9(2-4-10)16(29)24-12(18(31)32)5-6-13(27)28;;/h1-4,8,12,21H,5-7H2,(H,24,29)(H,27,28)(H,31,32)(H3,20,22,25,26,30);2*1H2/t12-;;/m0../s1. The number of aliphatic carboxylic acids is 2. The van der Waals surface area contributed by atoms with Crippen molar-refractivity contribution in [2.45, 2.75) is 25.4 Å². The summed E-state index contributed by atoms with van der Waals surface area (Å²) in [5.41, 5.74) is 6.47. The highest BCUT2D eigenvalue weighted by Gasteiger charge is 2.21. The number of carboxylic acid groups (broad SMARTS) is 2. The van der Waals surface area contributed by atoms with Crippen molar-refractivity contribution in [2.75, 3.05) is 11.1 Å². The Kier molecular flexibility index (Phi) is 9.54. The Labute approximate surface area is 190 Å². The molecule has 2 heterocycles. The molecule has 34 heavy (non-hydrogen) atoms. The highest BCUT2D eigenvalue weighted by Crippen LogP contribution is 2.12. The Morgan fingerprint density at radius 1 is 1.09 bits per heavy atom. The third-order valence-corrected chi connectivity index (χ3v) is 4.36. The number of nitrogens with one attached hydrogen (secondary N) is 3. The van der Waals surface area contributed by atoms with Crippen LogP contribution in [0.3, 0.4) is 0 Å². The van der Waals surface area contributed by atoms with Crippen molar-refractivity contribution in [3.63, 3.8) is 0 Å². The maximum atomic E-state index is 12.3. The zero-order valence-electron chi connectivity index (χ0n) is 17.5. The first kappa shape index (κ1) is 27.4. The highest BCUT2D eigenvalue weighted by atomic mass is 16.4. The number of carbonyl (C=O) groups excluding carboxylic acids is 1. The van der Waals surface area contributed by atoms with Crippen LogP contribution in [-0.4, -0.2) is 65.0 Å². The average Bonchev–Trinajstić information content (AvgIpc) is 2.75. The second-order valence-corrected chi connectivity index (χ2v) is 6.71. The van der Waals surface area contributed by atoms with Gasteiger partial charge in [0.25, 0.3) is 5.91 Å². The van der Waals surface area contributed by atoms with Gasteiger partial charge in [-0.05, 0) is 30.7 Å². The lowest BCUT2D eigenvalue weighted by Gasteiger charge is -2.14. The van der Waals surface area contributed by atoms with Gasteiger partial charge in [-0.1, -0.05) is 0 Å². The number of nitrogens with zero attached hydrogens (tertiary/aromatic N) is 3. The van der Waals surface area contributed by atoms with E-state index in [2.05, 4.69) is 30.6 Å². The number of benzene rings is 1. The number of rotatable bonds is 9. The SMILES string of the molecule is Nc1nc(=O)c2nc(CNc3ccc(C(=O)N[C@@H](CCC(=O)O)C(=O)O)cc3)cnc2[nH]1.O.O. The van der Waals surface area contributed by atoms with Gasteiger partial charge >= 0.3 is 17.5 Å². The van der Waals surface area contributed by atoms with Crippen LogP contribution in [0.2, 0.25) is 0 Å². The fraction of sp³-hybridized carbons (Fsp3) is 0.211. The number of hydrogen-bond donors (Lipinski definition) is 6. The molecule has 3 rings (SSSR count). The number of amides is 1. The second kappa shape index (κ2) is 11.8. The monoisotopic (exact) mass is 477 g/mol. The van der Waals surface area contributed by atoms with E-state index in [1.807, 2.05) is 0 Å². The van der Waals surface area contributed by atoms with Gasteiger partial charge in [-0.3, -0.25) is 14.4 Å². The maximum absolute atomic E-state index is 12.3. The predicted molar refractivity (Wildman–Crippen MR) is 119 cm³/mol. The summed E-state index contributed by atoms with van der Waals surface area (Å²) >= 11 is 0. The first-order valence-corrected chi connectivity index (χ1v) is 9.33.